The number of imidazole rings is 1. The summed E-state index contributed by atoms with van der Waals surface area (Å²) in [6.07, 6.45) is 7.71. The molecule has 0 saturated heterocycles. The first kappa shape index (κ1) is 11.2. The molecule has 1 aliphatic carbocycles. The van der Waals surface area contributed by atoms with E-state index < -0.39 is 5.97 Å². The Morgan fingerprint density at radius 3 is 2.88 bits per heavy atom. The van der Waals surface area contributed by atoms with Crippen LogP contribution in [-0.4, -0.2) is 20.6 Å². The number of nitrogens with zero attached hydrogens (tertiary/aromatic N) is 2. The van der Waals surface area contributed by atoms with E-state index in [0.29, 0.717) is 12.3 Å². The van der Waals surface area contributed by atoms with E-state index in [-0.39, 0.29) is 6.42 Å². The van der Waals surface area contributed by atoms with Gasteiger partial charge in [0, 0.05) is 25.6 Å². The van der Waals surface area contributed by atoms with Crippen LogP contribution in [-0.2, 0) is 18.3 Å². The Hall–Kier alpha value is -1.32. The minimum atomic E-state index is -0.756. The van der Waals surface area contributed by atoms with Crippen LogP contribution in [0.3, 0.4) is 0 Å². The second-order valence-electron chi connectivity index (χ2n) is 4.58. The molecular weight excluding hydrogens is 204 g/mol. The van der Waals surface area contributed by atoms with Gasteiger partial charge >= 0.3 is 5.97 Å². The van der Waals surface area contributed by atoms with Gasteiger partial charge in [0.1, 0.15) is 5.82 Å². The summed E-state index contributed by atoms with van der Waals surface area (Å²) in [6, 6.07) is 0. The number of carbonyl (C=O) groups is 1. The summed E-state index contributed by atoms with van der Waals surface area (Å²) < 4.78 is 2.06. The molecule has 1 N–H and O–H groups in total. The molecule has 1 aromatic rings. The number of carboxylic acid groups (broad SMARTS) is 1. The van der Waals surface area contributed by atoms with Crippen LogP contribution in [0, 0.1) is 0 Å². The fraction of sp³-hybridized carbons (Fsp3) is 0.667. The lowest BCUT2D eigenvalue weighted by Crippen LogP contribution is -2.02. The lowest BCUT2D eigenvalue weighted by atomic mass is 10.1. The van der Waals surface area contributed by atoms with Crippen LogP contribution >= 0.6 is 0 Å². The van der Waals surface area contributed by atoms with Gasteiger partial charge in [-0.15, -0.1) is 0 Å². The highest BCUT2D eigenvalue weighted by Crippen LogP contribution is 2.33. The Balaban J connectivity index is 2.05. The largest absolute Gasteiger partial charge is 0.481 e. The van der Waals surface area contributed by atoms with Crippen LogP contribution in [0.2, 0.25) is 0 Å². The molecule has 1 heterocycles. The van der Waals surface area contributed by atoms with Crippen LogP contribution in [0.1, 0.15) is 49.5 Å². The Bertz CT molecular complexity index is 378. The van der Waals surface area contributed by atoms with Gasteiger partial charge in [-0.1, -0.05) is 12.8 Å². The molecule has 4 heteroatoms. The molecule has 0 spiro atoms. The van der Waals surface area contributed by atoms with E-state index in [2.05, 4.69) is 9.55 Å². The second-order valence-corrected chi connectivity index (χ2v) is 4.58. The van der Waals surface area contributed by atoms with Crippen LogP contribution in [0.4, 0.5) is 0 Å². The van der Waals surface area contributed by atoms with E-state index in [1.165, 1.54) is 25.7 Å². The molecule has 0 aromatic carbocycles. The Kier molecular flexibility index (Phi) is 3.27. The van der Waals surface area contributed by atoms with Gasteiger partial charge in [0.2, 0.25) is 0 Å². The van der Waals surface area contributed by atoms with Crippen molar-refractivity contribution >= 4 is 5.97 Å². The van der Waals surface area contributed by atoms with Crippen LogP contribution < -0.4 is 0 Å². The molecular formula is C12H18N2O2. The third-order valence-corrected chi connectivity index (χ3v) is 3.28. The summed E-state index contributed by atoms with van der Waals surface area (Å²) in [4.78, 5) is 15.0. The van der Waals surface area contributed by atoms with Gasteiger partial charge in [0.15, 0.2) is 0 Å². The summed E-state index contributed by atoms with van der Waals surface area (Å²) >= 11 is 0. The minimum absolute atomic E-state index is 0.168. The monoisotopic (exact) mass is 222 g/mol. The van der Waals surface area contributed by atoms with Crippen molar-refractivity contribution in [3.05, 3.63) is 17.7 Å². The third kappa shape index (κ3) is 2.43. The van der Waals surface area contributed by atoms with E-state index in [9.17, 15) is 4.79 Å². The normalized spacial score (nSPS) is 16.8. The van der Waals surface area contributed by atoms with Crippen molar-refractivity contribution in [2.75, 3.05) is 0 Å². The highest BCUT2D eigenvalue weighted by atomic mass is 16.4. The molecule has 1 saturated carbocycles. The maximum Gasteiger partial charge on any atom is 0.303 e. The number of hydrogen-bond donors (Lipinski definition) is 1. The van der Waals surface area contributed by atoms with Crippen molar-refractivity contribution < 1.29 is 9.90 Å². The highest BCUT2D eigenvalue weighted by Gasteiger charge is 2.21. The molecule has 88 valence electrons. The number of rotatable bonds is 4. The van der Waals surface area contributed by atoms with Gasteiger partial charge in [-0.05, 0) is 12.8 Å². The predicted molar refractivity (Wildman–Crippen MR) is 60.4 cm³/mol. The number of carboxylic acids is 1. The summed E-state index contributed by atoms with van der Waals surface area (Å²) in [6.45, 7) is 0. The van der Waals surface area contributed by atoms with Gasteiger partial charge < -0.3 is 9.67 Å². The molecule has 1 aromatic heterocycles. The molecule has 1 aliphatic rings. The first-order valence-corrected chi connectivity index (χ1v) is 5.90. The van der Waals surface area contributed by atoms with Gasteiger partial charge in [-0.3, -0.25) is 4.79 Å². The van der Waals surface area contributed by atoms with Crippen molar-refractivity contribution in [1.82, 2.24) is 9.55 Å². The molecule has 0 bridgehead atoms. The quantitative estimate of drug-likeness (QED) is 0.848. The van der Waals surface area contributed by atoms with Gasteiger partial charge in [-0.25, -0.2) is 4.98 Å². The molecule has 0 aliphatic heterocycles. The average Bonchev–Trinajstić information content (AvgIpc) is 2.83. The number of aliphatic carboxylic acids is 1. The molecule has 0 radical (unpaired) electrons. The fourth-order valence-electron chi connectivity index (χ4n) is 2.46. The minimum Gasteiger partial charge on any atom is -0.481 e. The molecule has 0 atom stereocenters. The summed E-state index contributed by atoms with van der Waals surface area (Å²) in [5, 5.41) is 8.63. The first-order valence-electron chi connectivity index (χ1n) is 5.90. The zero-order valence-corrected chi connectivity index (χ0v) is 9.65. The van der Waals surface area contributed by atoms with Crippen molar-refractivity contribution in [2.24, 2.45) is 7.05 Å². The van der Waals surface area contributed by atoms with Crippen LogP contribution in [0.5, 0.6) is 0 Å². The zero-order chi connectivity index (χ0) is 11.5. The maximum atomic E-state index is 10.5. The Morgan fingerprint density at radius 1 is 1.56 bits per heavy atom. The lowest BCUT2D eigenvalue weighted by Gasteiger charge is -2.07. The van der Waals surface area contributed by atoms with Crippen molar-refractivity contribution in [3.8, 4) is 0 Å². The number of hydrogen-bond acceptors (Lipinski definition) is 2. The summed E-state index contributed by atoms with van der Waals surface area (Å²) in [7, 11) is 2.00. The van der Waals surface area contributed by atoms with Crippen molar-refractivity contribution in [3.63, 3.8) is 0 Å². The molecule has 1 fully saturated rings. The Labute approximate surface area is 95.3 Å². The third-order valence-electron chi connectivity index (χ3n) is 3.28. The van der Waals surface area contributed by atoms with E-state index in [0.717, 1.165) is 11.5 Å². The molecule has 16 heavy (non-hydrogen) atoms. The fourth-order valence-corrected chi connectivity index (χ4v) is 2.46. The Morgan fingerprint density at radius 2 is 2.25 bits per heavy atom. The first-order chi connectivity index (χ1) is 7.66. The van der Waals surface area contributed by atoms with Gasteiger partial charge in [0.05, 0.1) is 12.1 Å². The zero-order valence-electron chi connectivity index (χ0n) is 9.65. The average molecular weight is 222 g/mol. The van der Waals surface area contributed by atoms with E-state index in [1.54, 1.807) is 0 Å². The molecule has 2 rings (SSSR count). The maximum absolute atomic E-state index is 10.5. The van der Waals surface area contributed by atoms with E-state index in [1.807, 2.05) is 13.2 Å². The predicted octanol–water partition coefficient (Wildman–Crippen LogP) is 2.09. The smallest absolute Gasteiger partial charge is 0.303 e. The topological polar surface area (TPSA) is 55.1 Å². The second kappa shape index (κ2) is 4.68. The number of aryl methyl sites for hydroxylation is 2. The van der Waals surface area contributed by atoms with Crippen molar-refractivity contribution in [1.29, 1.82) is 0 Å². The van der Waals surface area contributed by atoms with Gasteiger partial charge in [-0.2, -0.15) is 0 Å². The molecule has 0 unspecified atom stereocenters. The number of aromatic nitrogens is 2. The highest BCUT2D eigenvalue weighted by molar-refractivity contribution is 5.66. The summed E-state index contributed by atoms with van der Waals surface area (Å²) in [5.41, 5.74) is 0.909. The van der Waals surface area contributed by atoms with Crippen LogP contribution in [0.25, 0.3) is 0 Å². The van der Waals surface area contributed by atoms with Crippen molar-refractivity contribution in [2.45, 2.75) is 44.4 Å². The van der Waals surface area contributed by atoms with E-state index in [4.69, 9.17) is 5.11 Å². The van der Waals surface area contributed by atoms with Crippen LogP contribution in [0.15, 0.2) is 6.20 Å². The van der Waals surface area contributed by atoms with E-state index >= 15 is 0 Å². The SMILES string of the molecule is Cn1cc(CCC(=O)O)nc1C1CCCC1. The summed E-state index contributed by atoms with van der Waals surface area (Å²) in [5.74, 6) is 0.967. The molecule has 0 amide bonds. The standard InChI is InChI=1S/C12H18N2O2/c1-14-8-10(6-7-11(15)16)13-12(14)9-4-2-3-5-9/h8-9H,2-7H2,1H3,(H,15,16). The lowest BCUT2D eigenvalue weighted by molar-refractivity contribution is -0.136. The van der Waals surface area contributed by atoms with Gasteiger partial charge in [0.25, 0.3) is 0 Å². The molecule has 4 nitrogen and oxygen atoms in total.